The molecule has 0 spiro atoms. The SMILES string of the molecule is Cc1cc(C)cc(P(c2cc(C)cc(C)c2)[C@H](C)C2=CC=C/C2=C2/C=CC=C[C-]2P(c2ccccc2)c2ccccc2)c1.[Fe+2].c1cc[cH-]c1. The van der Waals surface area contributed by atoms with Crippen molar-refractivity contribution >= 4 is 37.1 Å². The molecule has 0 bridgehead atoms. The van der Waals surface area contributed by atoms with Crippen LogP contribution in [0.1, 0.15) is 29.2 Å². The van der Waals surface area contributed by atoms with Crippen molar-refractivity contribution in [1.29, 1.82) is 0 Å². The second kappa shape index (κ2) is 17.2. The largest absolute Gasteiger partial charge is 2.00 e. The van der Waals surface area contributed by atoms with Crippen LogP contribution in [-0.4, -0.2) is 5.66 Å². The molecule has 2 aliphatic carbocycles. The summed E-state index contributed by atoms with van der Waals surface area (Å²) in [7, 11) is -1.36. The molecule has 2 aliphatic rings. The quantitative estimate of drug-likeness (QED) is 0.0895. The van der Waals surface area contributed by atoms with Crippen molar-refractivity contribution in [1.82, 2.24) is 0 Å². The first-order chi connectivity index (χ1) is 23.4. The summed E-state index contributed by atoms with van der Waals surface area (Å²) in [6.07, 6.45) is 16.1. The van der Waals surface area contributed by atoms with Crippen molar-refractivity contribution < 1.29 is 17.1 Å². The molecule has 3 heteroatoms. The molecule has 49 heavy (non-hydrogen) atoms. The van der Waals surface area contributed by atoms with Crippen molar-refractivity contribution in [3.8, 4) is 0 Å². The predicted molar refractivity (Wildman–Crippen MR) is 214 cm³/mol. The minimum absolute atomic E-state index is 0. The number of allylic oxidation sites excluding steroid dienone is 10. The average Bonchev–Trinajstić information content (AvgIpc) is 3.82. The smallest absolute Gasteiger partial charge is 0.214 e. The minimum Gasteiger partial charge on any atom is -0.214 e. The van der Waals surface area contributed by atoms with Gasteiger partial charge in [0.1, 0.15) is 0 Å². The Hall–Kier alpha value is -3.82. The molecule has 0 aliphatic heterocycles. The number of hydrogen-bond acceptors (Lipinski definition) is 0. The Morgan fingerprint density at radius 1 is 0.571 bits per heavy atom. The zero-order valence-electron chi connectivity index (χ0n) is 29.0. The summed E-state index contributed by atoms with van der Waals surface area (Å²) < 4.78 is 0. The van der Waals surface area contributed by atoms with E-state index in [1.54, 1.807) is 0 Å². The second-order valence-electron chi connectivity index (χ2n) is 12.6. The van der Waals surface area contributed by atoms with Gasteiger partial charge in [-0.2, -0.15) is 18.2 Å². The van der Waals surface area contributed by atoms with E-state index < -0.39 is 15.8 Å². The van der Waals surface area contributed by atoms with Crippen molar-refractivity contribution in [3.63, 3.8) is 0 Å². The van der Waals surface area contributed by atoms with Gasteiger partial charge >= 0.3 is 17.1 Å². The van der Waals surface area contributed by atoms with Crippen LogP contribution in [0.4, 0.5) is 0 Å². The van der Waals surface area contributed by atoms with Gasteiger partial charge in [0, 0.05) is 5.66 Å². The topological polar surface area (TPSA) is 0 Å². The van der Waals surface area contributed by atoms with Gasteiger partial charge in [0.05, 0.1) is 0 Å². The van der Waals surface area contributed by atoms with Gasteiger partial charge in [-0.25, -0.2) is 12.1 Å². The monoisotopic (exact) mass is 714 g/mol. The van der Waals surface area contributed by atoms with Gasteiger partial charge in [-0.3, -0.25) is 0 Å². The molecule has 0 heterocycles. The maximum atomic E-state index is 2.46. The van der Waals surface area contributed by atoms with Crippen LogP contribution < -0.4 is 21.2 Å². The minimum atomic E-state index is -0.718. The second-order valence-corrected chi connectivity index (χ2v) is 17.4. The third kappa shape index (κ3) is 8.86. The Morgan fingerprint density at radius 2 is 1.08 bits per heavy atom. The van der Waals surface area contributed by atoms with E-state index >= 15 is 0 Å². The number of benzene rings is 4. The van der Waals surface area contributed by atoms with Gasteiger partial charge in [-0.1, -0.05) is 169 Å². The van der Waals surface area contributed by atoms with E-state index in [9.17, 15) is 0 Å². The summed E-state index contributed by atoms with van der Waals surface area (Å²) in [5, 5.41) is 5.68. The average molecular weight is 715 g/mol. The summed E-state index contributed by atoms with van der Waals surface area (Å²) in [4.78, 5) is 0. The first-order valence-electron chi connectivity index (χ1n) is 16.8. The zero-order chi connectivity index (χ0) is 33.5. The van der Waals surface area contributed by atoms with Gasteiger partial charge < -0.3 is 0 Å². The van der Waals surface area contributed by atoms with Crippen LogP contribution in [-0.2, 0) is 17.1 Å². The Bertz CT molecular complexity index is 1830. The van der Waals surface area contributed by atoms with Crippen LogP contribution >= 0.6 is 15.8 Å². The van der Waals surface area contributed by atoms with Crippen LogP contribution in [0.5, 0.6) is 0 Å². The van der Waals surface area contributed by atoms with Crippen molar-refractivity contribution in [2.45, 2.75) is 40.3 Å². The molecule has 0 saturated heterocycles. The molecular formula is C46H44FeP2. The van der Waals surface area contributed by atoms with Crippen LogP contribution in [0, 0.1) is 33.4 Å². The maximum absolute atomic E-state index is 2.46. The molecule has 5 aromatic carbocycles. The van der Waals surface area contributed by atoms with Gasteiger partial charge in [-0.15, -0.1) is 29.9 Å². The standard InChI is InChI=1S/C41H39P2.C5H5.Fe/c1-29-23-30(2)26-36(25-29)42(37-27-31(3)24-32(4)28-37)33(5)38-20-14-21-39(38)40-19-12-13-22-41(40)43(34-15-8-6-9-16-34)35-17-10-7-11-18-35;1-2-4-5-3-1;/h6-28,33H,1-5H3;1-5H;/q2*-1;+2/b40-39+;;/t33-;;/m1../s1. The molecule has 0 radical (unpaired) electrons. The van der Waals surface area contributed by atoms with Gasteiger partial charge in [0.15, 0.2) is 0 Å². The molecule has 1 atom stereocenters. The Kier molecular flexibility index (Phi) is 12.8. The molecule has 246 valence electrons. The molecule has 0 amide bonds. The van der Waals surface area contributed by atoms with Gasteiger partial charge in [0.25, 0.3) is 0 Å². The van der Waals surface area contributed by atoms with Gasteiger partial charge in [0.2, 0.25) is 0 Å². The molecular weight excluding hydrogens is 670 g/mol. The van der Waals surface area contributed by atoms with E-state index in [0.29, 0.717) is 5.66 Å². The predicted octanol–water partition coefficient (Wildman–Crippen LogP) is 10.7. The molecule has 0 N–H and O–H groups in total. The van der Waals surface area contributed by atoms with E-state index in [0.717, 1.165) is 0 Å². The molecule has 0 unspecified atom stereocenters. The molecule has 7 rings (SSSR count). The first kappa shape index (κ1) is 36.5. The Morgan fingerprint density at radius 3 is 1.55 bits per heavy atom. The molecule has 0 saturated carbocycles. The fourth-order valence-corrected chi connectivity index (χ4v) is 12.3. The van der Waals surface area contributed by atoms with Crippen LogP contribution in [0.25, 0.3) is 0 Å². The molecule has 0 aromatic heterocycles. The van der Waals surface area contributed by atoms with Crippen molar-refractivity contribution in [2.75, 3.05) is 0 Å². The fourth-order valence-electron chi connectivity index (χ4n) is 6.76. The Balaban J connectivity index is 0.000000717. The first-order valence-corrected chi connectivity index (χ1v) is 19.5. The van der Waals surface area contributed by atoms with E-state index in [-0.39, 0.29) is 17.1 Å². The fraction of sp³-hybridized carbons (Fsp3) is 0.130. The summed E-state index contributed by atoms with van der Waals surface area (Å²) in [6, 6.07) is 46.4. The molecule has 0 fully saturated rings. The van der Waals surface area contributed by atoms with Crippen LogP contribution in [0.3, 0.4) is 0 Å². The van der Waals surface area contributed by atoms with Crippen LogP contribution in [0.15, 0.2) is 187 Å². The number of hydrogen-bond donors (Lipinski definition) is 0. The molecule has 0 nitrogen and oxygen atoms in total. The Labute approximate surface area is 307 Å². The number of rotatable bonds is 7. The maximum Gasteiger partial charge on any atom is 2.00 e. The number of aryl methyl sites for hydroxylation is 4. The van der Waals surface area contributed by atoms with Crippen molar-refractivity contribution in [3.05, 3.63) is 215 Å². The van der Waals surface area contributed by atoms with Crippen molar-refractivity contribution in [2.24, 2.45) is 0 Å². The zero-order valence-corrected chi connectivity index (χ0v) is 31.9. The summed E-state index contributed by atoms with van der Waals surface area (Å²) in [6.45, 7) is 11.4. The van der Waals surface area contributed by atoms with E-state index in [1.165, 1.54) is 65.9 Å². The van der Waals surface area contributed by atoms with Crippen LogP contribution in [0.2, 0.25) is 0 Å². The normalized spacial score (nSPS) is 15.6. The molecule has 5 aromatic rings. The van der Waals surface area contributed by atoms with E-state index in [4.69, 9.17) is 0 Å². The third-order valence-electron chi connectivity index (χ3n) is 8.68. The summed E-state index contributed by atoms with van der Waals surface area (Å²) >= 11 is 0. The van der Waals surface area contributed by atoms with Gasteiger partial charge in [-0.05, 0) is 56.8 Å². The van der Waals surface area contributed by atoms with E-state index in [2.05, 4.69) is 174 Å². The summed E-state index contributed by atoms with van der Waals surface area (Å²) in [5.74, 6) is 0. The van der Waals surface area contributed by atoms with E-state index in [1.807, 2.05) is 30.3 Å². The third-order valence-corrected chi connectivity index (χ3v) is 13.9. The summed E-state index contributed by atoms with van der Waals surface area (Å²) in [5.41, 5.74) is 11.3.